The van der Waals surface area contributed by atoms with Crippen LogP contribution in [0.25, 0.3) is 0 Å². The van der Waals surface area contributed by atoms with Gasteiger partial charge in [-0.3, -0.25) is 4.79 Å². The van der Waals surface area contributed by atoms with Crippen molar-refractivity contribution in [2.24, 2.45) is 0 Å². The summed E-state index contributed by atoms with van der Waals surface area (Å²) in [5.74, 6) is -0.356. The molecule has 118 valence electrons. The van der Waals surface area contributed by atoms with Crippen molar-refractivity contribution in [2.75, 3.05) is 20.7 Å². The number of likely N-dealkylation sites (N-methyl/N-ethyl adjacent to an activating group) is 1. The number of hydrogen-bond donors (Lipinski definition) is 0. The highest BCUT2D eigenvalue weighted by Crippen LogP contribution is 2.25. The number of carbonyl (C=O) groups is 2. The topological polar surface area (TPSA) is 79.6 Å². The third-order valence-corrected chi connectivity index (χ3v) is 3.57. The molecule has 0 aromatic heterocycles. The molecule has 0 radical (unpaired) electrons. The maximum absolute atomic E-state index is 12.0. The standard InChI is InChI=1S/C15H17BrN2O4/c1-10(14(19)18(2)8-4-7-17)22-15(20)11-5-6-13(21-3)12(16)9-11/h5-6,9-10H,4,8H2,1-3H3/t10-/m1/s1. The number of nitriles is 1. The lowest BCUT2D eigenvalue weighted by atomic mass is 10.2. The normalized spacial score (nSPS) is 11.2. The lowest BCUT2D eigenvalue weighted by Gasteiger charge is -2.20. The Morgan fingerprint density at radius 1 is 1.45 bits per heavy atom. The van der Waals surface area contributed by atoms with Gasteiger partial charge in [0.05, 0.1) is 29.6 Å². The van der Waals surface area contributed by atoms with E-state index in [0.717, 1.165) is 0 Å². The van der Waals surface area contributed by atoms with Crippen LogP contribution >= 0.6 is 15.9 Å². The molecule has 7 heteroatoms. The van der Waals surface area contributed by atoms with E-state index in [1.165, 1.54) is 18.9 Å². The smallest absolute Gasteiger partial charge is 0.338 e. The van der Waals surface area contributed by atoms with Crippen molar-refractivity contribution in [3.8, 4) is 11.8 Å². The van der Waals surface area contributed by atoms with Crippen LogP contribution in [0.5, 0.6) is 5.75 Å². The highest BCUT2D eigenvalue weighted by atomic mass is 79.9. The number of amides is 1. The number of nitrogens with zero attached hydrogens (tertiary/aromatic N) is 2. The maximum Gasteiger partial charge on any atom is 0.338 e. The summed E-state index contributed by atoms with van der Waals surface area (Å²) in [6.45, 7) is 1.80. The number of halogens is 1. The first-order chi connectivity index (χ1) is 10.4. The summed E-state index contributed by atoms with van der Waals surface area (Å²) in [6, 6.07) is 6.71. The Morgan fingerprint density at radius 2 is 2.14 bits per heavy atom. The van der Waals surface area contributed by atoms with Crippen LogP contribution in [0.3, 0.4) is 0 Å². The summed E-state index contributed by atoms with van der Waals surface area (Å²) in [7, 11) is 3.09. The van der Waals surface area contributed by atoms with Gasteiger partial charge in [0.1, 0.15) is 5.75 Å². The highest BCUT2D eigenvalue weighted by molar-refractivity contribution is 9.10. The first-order valence-corrected chi connectivity index (χ1v) is 7.36. The van der Waals surface area contributed by atoms with Gasteiger partial charge in [0.25, 0.3) is 5.91 Å². The van der Waals surface area contributed by atoms with Gasteiger partial charge >= 0.3 is 5.97 Å². The third-order valence-electron chi connectivity index (χ3n) is 2.95. The van der Waals surface area contributed by atoms with Crippen LogP contribution in [-0.4, -0.2) is 43.6 Å². The second-order valence-corrected chi connectivity index (χ2v) is 5.42. The molecule has 0 aliphatic carbocycles. The Kier molecular flexibility index (Phi) is 6.86. The molecular weight excluding hydrogens is 352 g/mol. The predicted octanol–water partition coefficient (Wildman–Crippen LogP) is 2.38. The van der Waals surface area contributed by atoms with Crippen LogP contribution < -0.4 is 4.74 Å². The molecule has 0 saturated carbocycles. The molecule has 0 N–H and O–H groups in total. The number of methoxy groups -OCH3 is 1. The average molecular weight is 369 g/mol. The van der Waals surface area contributed by atoms with Gasteiger partial charge in [-0.05, 0) is 41.1 Å². The summed E-state index contributed by atoms with van der Waals surface area (Å²) in [4.78, 5) is 25.4. The largest absolute Gasteiger partial charge is 0.496 e. The summed E-state index contributed by atoms with van der Waals surface area (Å²) < 4.78 is 10.9. The Morgan fingerprint density at radius 3 is 2.68 bits per heavy atom. The second-order valence-electron chi connectivity index (χ2n) is 4.56. The number of ether oxygens (including phenoxy) is 2. The maximum atomic E-state index is 12.0. The van der Waals surface area contributed by atoms with Crippen molar-refractivity contribution in [3.63, 3.8) is 0 Å². The zero-order chi connectivity index (χ0) is 16.7. The van der Waals surface area contributed by atoms with Gasteiger partial charge in [-0.2, -0.15) is 5.26 Å². The lowest BCUT2D eigenvalue weighted by Crippen LogP contribution is -2.37. The molecule has 1 rings (SSSR count). The molecule has 1 atom stereocenters. The van der Waals surface area contributed by atoms with E-state index in [4.69, 9.17) is 14.7 Å². The Balaban J connectivity index is 2.69. The molecule has 1 aromatic rings. The molecule has 22 heavy (non-hydrogen) atoms. The van der Waals surface area contributed by atoms with Crippen LogP contribution in [0.2, 0.25) is 0 Å². The molecule has 0 aliphatic rings. The van der Waals surface area contributed by atoms with E-state index < -0.39 is 12.1 Å². The number of hydrogen-bond acceptors (Lipinski definition) is 5. The van der Waals surface area contributed by atoms with Gasteiger partial charge in [-0.25, -0.2) is 4.79 Å². The van der Waals surface area contributed by atoms with Gasteiger partial charge in [-0.15, -0.1) is 0 Å². The lowest BCUT2D eigenvalue weighted by molar-refractivity contribution is -0.138. The van der Waals surface area contributed by atoms with E-state index in [0.29, 0.717) is 22.3 Å². The summed E-state index contributed by atoms with van der Waals surface area (Å²) >= 11 is 3.28. The molecule has 1 amide bonds. The highest BCUT2D eigenvalue weighted by Gasteiger charge is 2.22. The monoisotopic (exact) mass is 368 g/mol. The van der Waals surface area contributed by atoms with E-state index in [1.807, 2.05) is 6.07 Å². The van der Waals surface area contributed by atoms with E-state index in [9.17, 15) is 9.59 Å². The van der Waals surface area contributed by atoms with Crippen LogP contribution in [-0.2, 0) is 9.53 Å². The molecule has 0 bridgehead atoms. The third kappa shape index (κ3) is 4.74. The van der Waals surface area contributed by atoms with Gasteiger partial charge < -0.3 is 14.4 Å². The zero-order valence-corrected chi connectivity index (χ0v) is 14.2. The van der Waals surface area contributed by atoms with Crippen molar-refractivity contribution < 1.29 is 19.1 Å². The predicted molar refractivity (Wildman–Crippen MR) is 83.4 cm³/mol. The van der Waals surface area contributed by atoms with Gasteiger partial charge in [0.2, 0.25) is 0 Å². The first kappa shape index (κ1) is 18.0. The quantitative estimate of drug-likeness (QED) is 0.720. The van der Waals surface area contributed by atoms with Crippen molar-refractivity contribution in [3.05, 3.63) is 28.2 Å². The van der Waals surface area contributed by atoms with Crippen molar-refractivity contribution >= 4 is 27.8 Å². The van der Waals surface area contributed by atoms with Crippen LogP contribution in [0.15, 0.2) is 22.7 Å². The molecule has 6 nitrogen and oxygen atoms in total. The SMILES string of the molecule is COc1ccc(C(=O)O[C@H](C)C(=O)N(C)CCC#N)cc1Br. The molecule has 0 aliphatic heterocycles. The van der Waals surface area contributed by atoms with Gasteiger partial charge in [-0.1, -0.05) is 0 Å². The fourth-order valence-corrected chi connectivity index (χ4v) is 2.25. The summed E-state index contributed by atoms with van der Waals surface area (Å²) in [5.41, 5.74) is 0.312. The number of esters is 1. The molecule has 0 fully saturated rings. The van der Waals surface area contributed by atoms with E-state index in [1.54, 1.807) is 25.2 Å². The van der Waals surface area contributed by atoms with Crippen molar-refractivity contribution in [1.82, 2.24) is 4.90 Å². The molecule has 0 unspecified atom stereocenters. The van der Waals surface area contributed by atoms with E-state index in [-0.39, 0.29) is 12.3 Å². The molecule has 0 saturated heterocycles. The van der Waals surface area contributed by atoms with E-state index >= 15 is 0 Å². The summed E-state index contributed by atoms with van der Waals surface area (Å²) in [6.07, 6.45) is -0.689. The fraction of sp³-hybridized carbons (Fsp3) is 0.400. The fourth-order valence-electron chi connectivity index (χ4n) is 1.71. The Bertz CT molecular complexity index is 598. The van der Waals surface area contributed by atoms with Crippen molar-refractivity contribution in [1.29, 1.82) is 5.26 Å². The summed E-state index contributed by atoms with van der Waals surface area (Å²) in [5, 5.41) is 8.51. The average Bonchev–Trinajstić information content (AvgIpc) is 2.51. The molecular formula is C15H17BrN2O4. The second kappa shape index (κ2) is 8.39. The van der Waals surface area contributed by atoms with Crippen LogP contribution in [0.4, 0.5) is 0 Å². The van der Waals surface area contributed by atoms with Crippen LogP contribution in [0.1, 0.15) is 23.7 Å². The number of rotatable bonds is 6. The minimum Gasteiger partial charge on any atom is -0.496 e. The van der Waals surface area contributed by atoms with Gasteiger partial charge in [0.15, 0.2) is 6.10 Å². The minimum absolute atomic E-state index is 0.230. The van der Waals surface area contributed by atoms with Gasteiger partial charge in [0, 0.05) is 13.6 Å². The molecule has 0 heterocycles. The first-order valence-electron chi connectivity index (χ1n) is 6.57. The zero-order valence-electron chi connectivity index (χ0n) is 12.6. The molecule has 1 aromatic carbocycles. The molecule has 0 spiro atoms. The Labute approximate surface area is 137 Å². The number of carbonyl (C=O) groups excluding carboxylic acids is 2. The number of benzene rings is 1. The van der Waals surface area contributed by atoms with E-state index in [2.05, 4.69) is 15.9 Å². The Hall–Kier alpha value is -2.07. The minimum atomic E-state index is -0.919. The van der Waals surface area contributed by atoms with Crippen molar-refractivity contribution in [2.45, 2.75) is 19.4 Å². The van der Waals surface area contributed by atoms with Crippen LogP contribution in [0, 0.1) is 11.3 Å².